The summed E-state index contributed by atoms with van der Waals surface area (Å²) in [6, 6.07) is 0.822. The van der Waals surface area contributed by atoms with Gasteiger partial charge in [-0.05, 0) is 51.2 Å². The SMILES string of the molecule is CCCN(CC)C1CCCC(CN)C1. The maximum Gasteiger partial charge on any atom is 0.00982 e. The molecule has 1 rings (SSSR count). The van der Waals surface area contributed by atoms with E-state index < -0.39 is 0 Å². The van der Waals surface area contributed by atoms with Crippen LogP contribution in [0, 0.1) is 5.92 Å². The van der Waals surface area contributed by atoms with Crippen LogP contribution in [0.2, 0.25) is 0 Å². The highest BCUT2D eigenvalue weighted by molar-refractivity contribution is 4.80. The molecule has 2 heteroatoms. The van der Waals surface area contributed by atoms with Crippen molar-refractivity contribution in [2.24, 2.45) is 11.7 Å². The summed E-state index contributed by atoms with van der Waals surface area (Å²) in [6.45, 7) is 7.90. The van der Waals surface area contributed by atoms with Crippen LogP contribution < -0.4 is 5.73 Å². The molecule has 1 saturated carbocycles. The molecule has 2 unspecified atom stereocenters. The lowest BCUT2D eigenvalue weighted by Gasteiger charge is -2.36. The van der Waals surface area contributed by atoms with E-state index in [2.05, 4.69) is 18.7 Å². The zero-order valence-electron chi connectivity index (χ0n) is 9.84. The van der Waals surface area contributed by atoms with Gasteiger partial charge in [-0.25, -0.2) is 0 Å². The van der Waals surface area contributed by atoms with Gasteiger partial charge in [0.2, 0.25) is 0 Å². The summed E-state index contributed by atoms with van der Waals surface area (Å²) >= 11 is 0. The van der Waals surface area contributed by atoms with Crippen LogP contribution in [0.5, 0.6) is 0 Å². The van der Waals surface area contributed by atoms with Gasteiger partial charge in [-0.15, -0.1) is 0 Å². The average molecular weight is 198 g/mol. The van der Waals surface area contributed by atoms with Crippen LogP contribution in [0.4, 0.5) is 0 Å². The second-order valence-corrected chi connectivity index (χ2v) is 4.55. The molecule has 0 amide bonds. The molecule has 14 heavy (non-hydrogen) atoms. The first kappa shape index (κ1) is 12.0. The van der Waals surface area contributed by atoms with Crippen LogP contribution in [0.1, 0.15) is 46.0 Å². The second kappa shape index (κ2) is 6.41. The Kier molecular flexibility index (Phi) is 5.49. The highest BCUT2D eigenvalue weighted by Crippen LogP contribution is 2.27. The molecule has 2 nitrogen and oxygen atoms in total. The Bertz CT molecular complexity index is 147. The molecule has 0 aromatic rings. The molecular formula is C12H26N2. The molecule has 84 valence electrons. The van der Waals surface area contributed by atoms with Crippen LogP contribution >= 0.6 is 0 Å². The minimum Gasteiger partial charge on any atom is -0.330 e. The topological polar surface area (TPSA) is 29.3 Å². The predicted octanol–water partition coefficient (Wildman–Crippen LogP) is 2.24. The van der Waals surface area contributed by atoms with E-state index in [0.717, 1.165) is 18.5 Å². The fraction of sp³-hybridized carbons (Fsp3) is 1.00. The van der Waals surface area contributed by atoms with Crippen LogP contribution in [-0.4, -0.2) is 30.6 Å². The van der Waals surface area contributed by atoms with Crippen molar-refractivity contribution in [3.8, 4) is 0 Å². The van der Waals surface area contributed by atoms with E-state index >= 15 is 0 Å². The Morgan fingerprint density at radius 1 is 1.29 bits per heavy atom. The average Bonchev–Trinajstić information content (AvgIpc) is 2.26. The molecule has 0 radical (unpaired) electrons. The van der Waals surface area contributed by atoms with Crippen molar-refractivity contribution in [2.75, 3.05) is 19.6 Å². The van der Waals surface area contributed by atoms with Gasteiger partial charge in [0.25, 0.3) is 0 Å². The molecule has 0 aromatic heterocycles. The molecule has 1 aliphatic carbocycles. The smallest absolute Gasteiger partial charge is 0.00982 e. The molecule has 2 N–H and O–H groups in total. The van der Waals surface area contributed by atoms with Gasteiger partial charge >= 0.3 is 0 Å². The molecule has 2 atom stereocenters. The maximum absolute atomic E-state index is 5.76. The third kappa shape index (κ3) is 3.25. The van der Waals surface area contributed by atoms with Gasteiger partial charge in [-0.1, -0.05) is 20.3 Å². The Balaban J connectivity index is 2.40. The van der Waals surface area contributed by atoms with Gasteiger partial charge in [-0.3, -0.25) is 0 Å². The number of rotatable bonds is 5. The summed E-state index contributed by atoms with van der Waals surface area (Å²) in [5, 5.41) is 0. The first-order chi connectivity index (χ1) is 6.81. The third-order valence-electron chi connectivity index (χ3n) is 3.52. The zero-order chi connectivity index (χ0) is 10.4. The minimum atomic E-state index is 0.791. The molecule has 0 aromatic carbocycles. The van der Waals surface area contributed by atoms with Crippen molar-refractivity contribution in [3.63, 3.8) is 0 Å². The molecule has 1 fully saturated rings. The lowest BCUT2D eigenvalue weighted by atomic mass is 9.85. The van der Waals surface area contributed by atoms with E-state index in [9.17, 15) is 0 Å². The summed E-state index contributed by atoms with van der Waals surface area (Å²) in [5.74, 6) is 0.791. The molecule has 0 spiro atoms. The van der Waals surface area contributed by atoms with E-state index in [1.54, 1.807) is 0 Å². The normalized spacial score (nSPS) is 28.3. The molecule has 0 saturated heterocycles. The molecule has 1 aliphatic rings. The molecule has 0 aliphatic heterocycles. The van der Waals surface area contributed by atoms with Crippen LogP contribution in [0.25, 0.3) is 0 Å². The Morgan fingerprint density at radius 2 is 2.07 bits per heavy atom. The summed E-state index contributed by atoms with van der Waals surface area (Å²) in [7, 11) is 0. The Labute approximate surface area is 88.8 Å². The Hall–Kier alpha value is -0.0800. The molecular weight excluding hydrogens is 172 g/mol. The summed E-state index contributed by atoms with van der Waals surface area (Å²) in [4.78, 5) is 2.64. The standard InChI is InChI=1S/C12H26N2/c1-3-8-14(4-2)12-7-5-6-11(9-12)10-13/h11-12H,3-10,13H2,1-2H3. The van der Waals surface area contributed by atoms with Crippen molar-refractivity contribution in [3.05, 3.63) is 0 Å². The van der Waals surface area contributed by atoms with E-state index in [-0.39, 0.29) is 0 Å². The first-order valence-electron chi connectivity index (χ1n) is 6.25. The van der Waals surface area contributed by atoms with Gasteiger partial charge < -0.3 is 10.6 Å². The monoisotopic (exact) mass is 198 g/mol. The first-order valence-corrected chi connectivity index (χ1v) is 6.25. The van der Waals surface area contributed by atoms with Gasteiger partial charge in [0.1, 0.15) is 0 Å². The summed E-state index contributed by atoms with van der Waals surface area (Å²) in [5.41, 5.74) is 5.76. The Morgan fingerprint density at radius 3 is 2.64 bits per heavy atom. The fourth-order valence-corrected chi connectivity index (χ4v) is 2.69. The quantitative estimate of drug-likeness (QED) is 0.734. The van der Waals surface area contributed by atoms with E-state index in [1.165, 1.54) is 45.2 Å². The highest BCUT2D eigenvalue weighted by Gasteiger charge is 2.24. The van der Waals surface area contributed by atoms with Crippen LogP contribution in [-0.2, 0) is 0 Å². The van der Waals surface area contributed by atoms with Crippen molar-refractivity contribution in [1.29, 1.82) is 0 Å². The fourth-order valence-electron chi connectivity index (χ4n) is 2.69. The van der Waals surface area contributed by atoms with Crippen molar-refractivity contribution < 1.29 is 0 Å². The second-order valence-electron chi connectivity index (χ2n) is 4.55. The largest absolute Gasteiger partial charge is 0.330 e. The van der Waals surface area contributed by atoms with Gasteiger partial charge in [0.15, 0.2) is 0 Å². The van der Waals surface area contributed by atoms with E-state index in [0.29, 0.717) is 0 Å². The van der Waals surface area contributed by atoms with Gasteiger partial charge in [-0.2, -0.15) is 0 Å². The van der Waals surface area contributed by atoms with Crippen molar-refractivity contribution >= 4 is 0 Å². The van der Waals surface area contributed by atoms with E-state index in [4.69, 9.17) is 5.73 Å². The van der Waals surface area contributed by atoms with E-state index in [1.807, 2.05) is 0 Å². The third-order valence-corrected chi connectivity index (χ3v) is 3.52. The van der Waals surface area contributed by atoms with Gasteiger partial charge in [0.05, 0.1) is 0 Å². The number of nitrogens with two attached hydrogens (primary N) is 1. The van der Waals surface area contributed by atoms with Crippen molar-refractivity contribution in [2.45, 2.75) is 52.0 Å². The lowest BCUT2D eigenvalue weighted by molar-refractivity contribution is 0.138. The zero-order valence-corrected chi connectivity index (χ0v) is 9.84. The molecule has 0 bridgehead atoms. The minimum absolute atomic E-state index is 0.791. The van der Waals surface area contributed by atoms with Gasteiger partial charge in [0, 0.05) is 6.04 Å². The van der Waals surface area contributed by atoms with Crippen LogP contribution in [0.3, 0.4) is 0 Å². The van der Waals surface area contributed by atoms with Crippen molar-refractivity contribution in [1.82, 2.24) is 4.90 Å². The highest BCUT2D eigenvalue weighted by atomic mass is 15.1. The number of nitrogens with zero attached hydrogens (tertiary/aromatic N) is 1. The molecule has 0 heterocycles. The lowest BCUT2D eigenvalue weighted by Crippen LogP contribution is -2.40. The number of hydrogen-bond donors (Lipinski definition) is 1. The van der Waals surface area contributed by atoms with Crippen LogP contribution in [0.15, 0.2) is 0 Å². The summed E-state index contributed by atoms with van der Waals surface area (Å²) in [6.07, 6.45) is 6.75. The summed E-state index contributed by atoms with van der Waals surface area (Å²) < 4.78 is 0. The maximum atomic E-state index is 5.76. The number of hydrogen-bond acceptors (Lipinski definition) is 2. The predicted molar refractivity (Wildman–Crippen MR) is 62.3 cm³/mol.